The van der Waals surface area contributed by atoms with Crippen LogP contribution >= 0.6 is 0 Å². The lowest BCUT2D eigenvalue weighted by Crippen LogP contribution is -2.05. The SMILES string of the molecule is CC(=O)Nc1cccc(Oc2ccc(C=O)o2)c1. The number of benzene rings is 1. The predicted molar refractivity (Wildman–Crippen MR) is 64.9 cm³/mol. The predicted octanol–water partition coefficient (Wildman–Crippen LogP) is 2.84. The summed E-state index contributed by atoms with van der Waals surface area (Å²) in [6, 6.07) is 9.92. The Morgan fingerprint density at radius 1 is 1.33 bits per heavy atom. The van der Waals surface area contributed by atoms with Crippen molar-refractivity contribution in [3.05, 3.63) is 42.2 Å². The van der Waals surface area contributed by atoms with E-state index in [0.717, 1.165) is 0 Å². The maximum Gasteiger partial charge on any atom is 0.290 e. The Bertz CT molecular complexity index is 574. The van der Waals surface area contributed by atoms with Crippen LogP contribution in [0.2, 0.25) is 0 Å². The minimum atomic E-state index is -0.159. The summed E-state index contributed by atoms with van der Waals surface area (Å²) in [5.74, 6) is 0.765. The third-order valence-electron chi connectivity index (χ3n) is 2.09. The quantitative estimate of drug-likeness (QED) is 0.841. The van der Waals surface area contributed by atoms with Crippen LogP contribution in [0.15, 0.2) is 40.8 Å². The Labute approximate surface area is 103 Å². The molecule has 0 fully saturated rings. The van der Waals surface area contributed by atoms with Crippen LogP contribution in [-0.4, -0.2) is 12.2 Å². The zero-order chi connectivity index (χ0) is 13.0. The highest BCUT2D eigenvalue weighted by Crippen LogP contribution is 2.25. The summed E-state index contributed by atoms with van der Waals surface area (Å²) in [5, 5.41) is 2.64. The van der Waals surface area contributed by atoms with E-state index >= 15 is 0 Å². The van der Waals surface area contributed by atoms with E-state index in [1.165, 1.54) is 13.0 Å². The largest absolute Gasteiger partial charge is 0.426 e. The van der Waals surface area contributed by atoms with Gasteiger partial charge < -0.3 is 14.5 Å². The van der Waals surface area contributed by atoms with E-state index in [1.54, 1.807) is 30.3 Å². The van der Waals surface area contributed by atoms with Crippen LogP contribution in [0.5, 0.6) is 11.7 Å². The second-order valence-electron chi connectivity index (χ2n) is 3.59. The number of carbonyl (C=O) groups excluding carboxylic acids is 2. The zero-order valence-electron chi connectivity index (χ0n) is 9.67. The van der Waals surface area contributed by atoms with Crippen molar-refractivity contribution in [2.75, 3.05) is 5.32 Å². The molecule has 1 aromatic heterocycles. The fourth-order valence-corrected chi connectivity index (χ4v) is 1.41. The highest BCUT2D eigenvalue weighted by molar-refractivity contribution is 5.88. The Kier molecular flexibility index (Phi) is 3.43. The summed E-state index contributed by atoms with van der Waals surface area (Å²) in [6.07, 6.45) is 0.598. The van der Waals surface area contributed by atoms with Crippen LogP contribution in [0.1, 0.15) is 17.5 Å². The van der Waals surface area contributed by atoms with Crippen LogP contribution in [0.25, 0.3) is 0 Å². The summed E-state index contributed by atoms with van der Waals surface area (Å²) >= 11 is 0. The van der Waals surface area contributed by atoms with E-state index in [-0.39, 0.29) is 17.6 Å². The Hall–Kier alpha value is -2.56. The maximum atomic E-state index is 10.9. The second-order valence-corrected chi connectivity index (χ2v) is 3.59. The van der Waals surface area contributed by atoms with Crippen molar-refractivity contribution in [3.63, 3.8) is 0 Å². The summed E-state index contributed by atoms with van der Waals surface area (Å²) < 4.78 is 10.5. The van der Waals surface area contributed by atoms with Gasteiger partial charge in [-0.1, -0.05) is 6.07 Å². The van der Waals surface area contributed by atoms with Crippen molar-refractivity contribution in [2.45, 2.75) is 6.92 Å². The molecule has 0 bridgehead atoms. The number of furan rings is 1. The third-order valence-corrected chi connectivity index (χ3v) is 2.09. The van der Waals surface area contributed by atoms with Gasteiger partial charge in [0, 0.05) is 24.7 Å². The molecule has 1 aromatic carbocycles. The van der Waals surface area contributed by atoms with Gasteiger partial charge in [0.15, 0.2) is 12.0 Å². The number of hydrogen-bond donors (Lipinski definition) is 1. The molecule has 0 atom stereocenters. The summed E-state index contributed by atoms with van der Waals surface area (Å²) in [7, 11) is 0. The van der Waals surface area contributed by atoms with Crippen LogP contribution in [0.3, 0.4) is 0 Å². The molecular formula is C13H11NO4. The number of carbonyl (C=O) groups is 2. The van der Waals surface area contributed by atoms with E-state index in [4.69, 9.17) is 9.15 Å². The van der Waals surface area contributed by atoms with Gasteiger partial charge in [-0.25, -0.2) is 0 Å². The van der Waals surface area contributed by atoms with Crippen LogP contribution in [-0.2, 0) is 4.79 Å². The molecule has 5 heteroatoms. The van der Waals surface area contributed by atoms with Gasteiger partial charge in [0.25, 0.3) is 5.95 Å². The lowest BCUT2D eigenvalue weighted by Gasteiger charge is -2.05. The highest BCUT2D eigenvalue weighted by atomic mass is 16.6. The number of ether oxygens (including phenoxy) is 1. The van der Waals surface area contributed by atoms with Crippen molar-refractivity contribution in [1.29, 1.82) is 0 Å². The highest BCUT2D eigenvalue weighted by Gasteiger charge is 2.04. The van der Waals surface area contributed by atoms with E-state index < -0.39 is 0 Å². The maximum absolute atomic E-state index is 10.9. The van der Waals surface area contributed by atoms with Crippen molar-refractivity contribution < 1.29 is 18.7 Å². The van der Waals surface area contributed by atoms with Gasteiger partial charge in [0.1, 0.15) is 5.75 Å². The molecule has 0 radical (unpaired) electrons. The van der Waals surface area contributed by atoms with Crippen molar-refractivity contribution in [2.24, 2.45) is 0 Å². The molecule has 0 saturated carbocycles. The van der Waals surface area contributed by atoms with Crippen LogP contribution in [0.4, 0.5) is 5.69 Å². The van der Waals surface area contributed by atoms with Gasteiger partial charge in [0.2, 0.25) is 5.91 Å². The molecule has 0 aliphatic heterocycles. The molecule has 0 aliphatic carbocycles. The van der Waals surface area contributed by atoms with Crippen molar-refractivity contribution >= 4 is 17.9 Å². The van der Waals surface area contributed by atoms with E-state index in [9.17, 15) is 9.59 Å². The number of amides is 1. The van der Waals surface area contributed by atoms with E-state index in [0.29, 0.717) is 17.7 Å². The molecule has 1 amide bonds. The standard InChI is InChI=1S/C13H11NO4/c1-9(16)14-10-3-2-4-11(7-10)17-13-6-5-12(8-15)18-13/h2-8H,1H3,(H,14,16). The summed E-state index contributed by atoms with van der Waals surface area (Å²) in [5.41, 5.74) is 0.627. The number of nitrogens with one attached hydrogen (secondary N) is 1. The van der Waals surface area contributed by atoms with Gasteiger partial charge in [0.05, 0.1) is 0 Å². The number of aldehydes is 1. The van der Waals surface area contributed by atoms with Crippen LogP contribution < -0.4 is 10.1 Å². The Morgan fingerprint density at radius 2 is 2.17 bits per heavy atom. The third kappa shape index (κ3) is 2.98. The average molecular weight is 245 g/mol. The molecule has 2 rings (SSSR count). The summed E-state index contributed by atoms with van der Waals surface area (Å²) in [4.78, 5) is 21.4. The number of hydrogen-bond acceptors (Lipinski definition) is 4. The normalized spacial score (nSPS) is 9.83. The topological polar surface area (TPSA) is 68.5 Å². The molecule has 0 unspecified atom stereocenters. The molecule has 18 heavy (non-hydrogen) atoms. The Morgan fingerprint density at radius 3 is 2.83 bits per heavy atom. The minimum absolute atomic E-state index is 0.159. The lowest BCUT2D eigenvalue weighted by molar-refractivity contribution is -0.114. The monoisotopic (exact) mass is 245 g/mol. The second kappa shape index (κ2) is 5.18. The molecule has 0 saturated heterocycles. The fourth-order valence-electron chi connectivity index (χ4n) is 1.41. The van der Waals surface area contributed by atoms with Crippen LogP contribution in [0, 0.1) is 0 Å². The molecule has 5 nitrogen and oxygen atoms in total. The van der Waals surface area contributed by atoms with Gasteiger partial charge in [-0.05, 0) is 18.2 Å². The molecular weight excluding hydrogens is 234 g/mol. The fraction of sp³-hybridized carbons (Fsp3) is 0.0769. The first-order valence-corrected chi connectivity index (χ1v) is 5.28. The molecule has 1 N–H and O–H groups in total. The summed E-state index contributed by atoms with van der Waals surface area (Å²) in [6.45, 7) is 1.43. The van der Waals surface area contributed by atoms with Crippen molar-refractivity contribution in [1.82, 2.24) is 0 Å². The molecule has 2 aromatic rings. The van der Waals surface area contributed by atoms with Gasteiger partial charge in [-0.2, -0.15) is 0 Å². The average Bonchev–Trinajstić information content (AvgIpc) is 2.76. The van der Waals surface area contributed by atoms with Crippen molar-refractivity contribution in [3.8, 4) is 11.7 Å². The lowest BCUT2D eigenvalue weighted by atomic mass is 10.3. The molecule has 1 heterocycles. The van der Waals surface area contributed by atoms with Gasteiger partial charge >= 0.3 is 0 Å². The van der Waals surface area contributed by atoms with E-state index in [1.807, 2.05) is 0 Å². The zero-order valence-corrected chi connectivity index (χ0v) is 9.67. The number of anilines is 1. The first kappa shape index (κ1) is 11.9. The first-order chi connectivity index (χ1) is 8.67. The number of rotatable bonds is 4. The molecule has 92 valence electrons. The smallest absolute Gasteiger partial charge is 0.290 e. The van der Waals surface area contributed by atoms with Gasteiger partial charge in [-0.3, -0.25) is 9.59 Å². The molecule has 0 aliphatic rings. The minimum Gasteiger partial charge on any atom is -0.426 e. The van der Waals surface area contributed by atoms with Gasteiger partial charge in [-0.15, -0.1) is 0 Å². The van der Waals surface area contributed by atoms with E-state index in [2.05, 4.69) is 5.32 Å². The Balaban J connectivity index is 2.13. The molecule has 0 spiro atoms. The first-order valence-electron chi connectivity index (χ1n) is 5.28.